The molecule has 1 saturated heterocycles. The Balaban J connectivity index is 1.62. The quantitative estimate of drug-likeness (QED) is 0.608. The van der Waals surface area contributed by atoms with Gasteiger partial charge in [-0.2, -0.15) is 13.2 Å². The molecule has 2 aliphatic carbocycles. The molecule has 2 amide bonds. The lowest BCUT2D eigenvalue weighted by atomic mass is 9.64. The molecule has 0 radical (unpaired) electrons. The van der Waals surface area contributed by atoms with E-state index in [1.807, 2.05) is 19.9 Å². The zero-order valence-corrected chi connectivity index (χ0v) is 19.5. The van der Waals surface area contributed by atoms with E-state index in [0.29, 0.717) is 5.70 Å². The first-order chi connectivity index (χ1) is 16.1. The number of hydrogen-bond donors (Lipinski definition) is 1. The highest BCUT2D eigenvalue weighted by Gasteiger charge is 2.64. The summed E-state index contributed by atoms with van der Waals surface area (Å²) in [5.41, 5.74) is 3.91. The first kappa shape index (κ1) is 22.8. The summed E-state index contributed by atoms with van der Waals surface area (Å²) < 4.78 is 43.6. The highest BCUT2D eigenvalue weighted by Crippen LogP contribution is 2.62. The van der Waals surface area contributed by atoms with E-state index in [1.165, 1.54) is 11.1 Å². The van der Waals surface area contributed by atoms with Gasteiger partial charge in [0.15, 0.2) is 6.61 Å². The van der Waals surface area contributed by atoms with Gasteiger partial charge in [-0.25, -0.2) is 4.79 Å². The molecule has 34 heavy (non-hydrogen) atoms. The van der Waals surface area contributed by atoms with Crippen LogP contribution in [0.3, 0.4) is 0 Å². The van der Waals surface area contributed by atoms with E-state index in [2.05, 4.69) is 36.2 Å². The number of nitrogens with one attached hydrogen (secondary N) is 1. The summed E-state index contributed by atoms with van der Waals surface area (Å²) in [4.78, 5) is 14.9. The number of carbonyl (C=O) groups excluding carboxylic acids is 1. The molecule has 5 rings (SSSR count). The van der Waals surface area contributed by atoms with Crippen LogP contribution >= 0.6 is 0 Å². The lowest BCUT2D eigenvalue weighted by molar-refractivity contribution is -0.153. The fraction of sp³-hybridized carbons (Fsp3) is 0.444. The number of rotatable bonds is 3. The molecule has 0 aromatic heterocycles. The summed E-state index contributed by atoms with van der Waals surface area (Å²) in [7, 11) is 0. The topological polar surface area (TPSA) is 41.6 Å². The molecule has 2 aromatic rings. The van der Waals surface area contributed by atoms with E-state index in [4.69, 9.17) is 4.74 Å². The average Bonchev–Trinajstić information content (AvgIpc) is 3.11. The zero-order chi connectivity index (χ0) is 24.3. The van der Waals surface area contributed by atoms with E-state index >= 15 is 0 Å². The van der Waals surface area contributed by atoms with Crippen LogP contribution in [-0.4, -0.2) is 29.8 Å². The highest BCUT2D eigenvalue weighted by atomic mass is 19.4. The Morgan fingerprint density at radius 2 is 1.74 bits per heavy atom. The van der Waals surface area contributed by atoms with Crippen LogP contribution in [0.1, 0.15) is 48.9 Å². The monoisotopic (exact) mass is 470 g/mol. The normalized spacial score (nSPS) is 23.3. The molecule has 2 spiro atoms. The van der Waals surface area contributed by atoms with Crippen molar-refractivity contribution in [1.29, 1.82) is 0 Å². The molecule has 1 unspecified atom stereocenters. The maximum atomic E-state index is 13.2. The number of urea groups is 1. The second-order valence-corrected chi connectivity index (χ2v) is 10.0. The Kier molecular flexibility index (Phi) is 5.22. The van der Waals surface area contributed by atoms with Gasteiger partial charge in [0.1, 0.15) is 11.3 Å². The SMILES string of the molecule is C=C1N(C(C)C)C(=O)NC12c1cc(OCC(F)(F)F)ccc1CC21CCc2ccccc2CC1. The molecule has 180 valence electrons. The first-order valence-corrected chi connectivity index (χ1v) is 11.8. The molecule has 1 heterocycles. The van der Waals surface area contributed by atoms with Crippen molar-refractivity contribution in [3.8, 4) is 5.75 Å². The van der Waals surface area contributed by atoms with Gasteiger partial charge in [0, 0.05) is 17.2 Å². The molecule has 1 atom stereocenters. The van der Waals surface area contributed by atoms with Gasteiger partial charge in [-0.15, -0.1) is 0 Å². The van der Waals surface area contributed by atoms with Crippen LogP contribution < -0.4 is 10.1 Å². The molecule has 0 bridgehead atoms. The number of amides is 2. The number of nitrogens with zero attached hydrogens (tertiary/aromatic N) is 1. The van der Waals surface area contributed by atoms with Crippen LogP contribution in [0.15, 0.2) is 54.7 Å². The van der Waals surface area contributed by atoms with Gasteiger partial charge >= 0.3 is 12.2 Å². The Hall–Kier alpha value is -2.96. The Bertz CT molecular complexity index is 1130. The summed E-state index contributed by atoms with van der Waals surface area (Å²) in [5.74, 6) is 0.148. The maximum Gasteiger partial charge on any atom is 0.422 e. The van der Waals surface area contributed by atoms with Crippen molar-refractivity contribution in [3.63, 3.8) is 0 Å². The summed E-state index contributed by atoms with van der Waals surface area (Å²) >= 11 is 0. The molecule has 4 nitrogen and oxygen atoms in total. The minimum Gasteiger partial charge on any atom is -0.484 e. The fourth-order valence-corrected chi connectivity index (χ4v) is 6.37. The number of hydrogen-bond acceptors (Lipinski definition) is 2. The van der Waals surface area contributed by atoms with Gasteiger partial charge in [0.25, 0.3) is 0 Å². The largest absolute Gasteiger partial charge is 0.484 e. The van der Waals surface area contributed by atoms with Crippen molar-refractivity contribution in [3.05, 3.63) is 77.0 Å². The van der Waals surface area contributed by atoms with Crippen molar-refractivity contribution in [1.82, 2.24) is 10.2 Å². The number of aryl methyl sites for hydroxylation is 2. The number of carbonyl (C=O) groups is 1. The molecule has 3 aliphatic rings. The zero-order valence-electron chi connectivity index (χ0n) is 19.5. The fourth-order valence-electron chi connectivity index (χ4n) is 6.37. The van der Waals surface area contributed by atoms with E-state index in [9.17, 15) is 18.0 Å². The summed E-state index contributed by atoms with van der Waals surface area (Å²) in [5, 5.41) is 3.29. The predicted octanol–water partition coefficient (Wildman–Crippen LogP) is 5.89. The molecule has 2 aromatic carbocycles. The minimum atomic E-state index is -4.43. The Morgan fingerprint density at radius 1 is 1.09 bits per heavy atom. The van der Waals surface area contributed by atoms with E-state index in [-0.39, 0.29) is 23.2 Å². The second-order valence-electron chi connectivity index (χ2n) is 10.0. The molecule has 1 fully saturated rings. The van der Waals surface area contributed by atoms with Crippen LogP contribution in [0.2, 0.25) is 0 Å². The second kappa shape index (κ2) is 7.79. The number of halogens is 3. The third-order valence-electron chi connectivity index (χ3n) is 7.83. The lowest BCUT2D eigenvalue weighted by Gasteiger charge is -2.44. The van der Waals surface area contributed by atoms with E-state index in [1.54, 1.807) is 17.0 Å². The van der Waals surface area contributed by atoms with Gasteiger partial charge < -0.3 is 10.1 Å². The van der Waals surface area contributed by atoms with Gasteiger partial charge in [0.2, 0.25) is 0 Å². The van der Waals surface area contributed by atoms with Crippen LogP contribution in [0.4, 0.5) is 18.0 Å². The minimum absolute atomic E-state index is 0.0967. The standard InChI is InChI=1S/C27H29F3N2O2/c1-17(2)32-18(3)27(31-24(32)33)23-14-22(34-16-26(28,29)30)9-8-21(23)15-25(27)12-10-19-6-4-5-7-20(19)11-13-25/h4-9,14,17H,3,10-13,15-16H2,1-2H3,(H,31,33). The summed E-state index contributed by atoms with van der Waals surface area (Å²) in [6.07, 6.45) is -0.292. The number of alkyl halides is 3. The lowest BCUT2D eigenvalue weighted by Crippen LogP contribution is -2.51. The van der Waals surface area contributed by atoms with E-state index in [0.717, 1.165) is 43.2 Å². The Labute approximate surface area is 197 Å². The van der Waals surface area contributed by atoms with E-state index < -0.39 is 18.3 Å². The molecule has 7 heteroatoms. The van der Waals surface area contributed by atoms with Crippen molar-refractivity contribution >= 4 is 6.03 Å². The molecule has 1 N–H and O–H groups in total. The van der Waals surface area contributed by atoms with Crippen LogP contribution in [0.25, 0.3) is 0 Å². The number of fused-ring (bicyclic) bond motifs is 4. The van der Waals surface area contributed by atoms with Gasteiger partial charge in [-0.05, 0) is 80.3 Å². The number of ether oxygens (including phenoxy) is 1. The Morgan fingerprint density at radius 3 is 2.29 bits per heavy atom. The maximum absolute atomic E-state index is 13.2. The van der Waals surface area contributed by atoms with Crippen molar-refractivity contribution < 1.29 is 22.7 Å². The number of benzene rings is 2. The van der Waals surface area contributed by atoms with Crippen molar-refractivity contribution in [2.75, 3.05) is 6.61 Å². The smallest absolute Gasteiger partial charge is 0.422 e. The summed E-state index contributed by atoms with van der Waals surface area (Å²) in [6, 6.07) is 13.3. The molecular formula is C27H29F3N2O2. The third-order valence-corrected chi connectivity index (χ3v) is 7.83. The van der Waals surface area contributed by atoms with Crippen LogP contribution in [0.5, 0.6) is 5.75 Å². The highest BCUT2D eigenvalue weighted by molar-refractivity contribution is 5.84. The average molecular weight is 471 g/mol. The van der Waals surface area contributed by atoms with Gasteiger partial charge in [-0.3, -0.25) is 4.90 Å². The van der Waals surface area contributed by atoms with Gasteiger partial charge in [0.05, 0.1) is 0 Å². The molecule has 1 aliphatic heterocycles. The van der Waals surface area contributed by atoms with Crippen LogP contribution in [0, 0.1) is 5.41 Å². The summed E-state index contributed by atoms with van der Waals surface area (Å²) in [6.45, 7) is 6.94. The van der Waals surface area contributed by atoms with Crippen LogP contribution in [-0.2, 0) is 24.8 Å². The van der Waals surface area contributed by atoms with Gasteiger partial charge in [-0.1, -0.05) is 36.9 Å². The van der Waals surface area contributed by atoms with Crippen molar-refractivity contribution in [2.45, 2.75) is 63.7 Å². The first-order valence-electron chi connectivity index (χ1n) is 11.8. The predicted molar refractivity (Wildman–Crippen MR) is 124 cm³/mol. The molecule has 0 saturated carbocycles. The van der Waals surface area contributed by atoms with Crippen molar-refractivity contribution in [2.24, 2.45) is 5.41 Å². The third kappa shape index (κ3) is 3.39. The molecular weight excluding hydrogens is 441 g/mol.